The quantitative estimate of drug-likeness (QED) is 0.247. The molecule has 2 rings (SSSR count). The Morgan fingerprint density at radius 2 is 1.74 bits per heavy atom. The molecule has 0 radical (unpaired) electrons. The Labute approximate surface area is 178 Å². The smallest absolute Gasteiger partial charge is 0.193 e. The molecule has 0 saturated carbocycles. The Morgan fingerprint density at radius 1 is 1.04 bits per heavy atom. The van der Waals surface area contributed by atoms with Gasteiger partial charge >= 0.3 is 0 Å². The van der Waals surface area contributed by atoms with E-state index in [1.54, 1.807) is 19.2 Å². The van der Waals surface area contributed by atoms with Gasteiger partial charge in [-0.3, -0.25) is 4.99 Å². The highest BCUT2D eigenvalue weighted by Gasteiger charge is 2.06. The molecule has 2 aromatic rings. The van der Waals surface area contributed by atoms with Crippen LogP contribution in [0.25, 0.3) is 0 Å². The summed E-state index contributed by atoms with van der Waals surface area (Å²) in [4.78, 5) is 6.33. The second kappa shape index (κ2) is 13.5. The highest BCUT2D eigenvalue weighted by Crippen LogP contribution is 2.06. The van der Waals surface area contributed by atoms with E-state index in [2.05, 4.69) is 22.4 Å². The van der Waals surface area contributed by atoms with Gasteiger partial charge in [0.25, 0.3) is 0 Å². The van der Waals surface area contributed by atoms with E-state index in [-0.39, 0.29) is 29.8 Å². The van der Waals surface area contributed by atoms with Crippen LogP contribution < -0.4 is 5.32 Å². The molecule has 0 saturated heterocycles. The van der Waals surface area contributed by atoms with Crippen LogP contribution in [0.3, 0.4) is 0 Å². The van der Waals surface area contributed by atoms with Crippen LogP contribution in [0.4, 0.5) is 4.39 Å². The highest BCUT2D eigenvalue weighted by molar-refractivity contribution is 14.0. The molecule has 0 aliphatic rings. The first kappa shape index (κ1) is 23.4. The largest absolute Gasteiger partial charge is 0.377 e. The molecule has 4 nitrogen and oxygen atoms in total. The predicted octanol–water partition coefficient (Wildman–Crippen LogP) is 4.45. The van der Waals surface area contributed by atoms with Crippen molar-refractivity contribution < 1.29 is 9.13 Å². The molecule has 0 aliphatic heterocycles. The Balaban J connectivity index is 0.00000364. The lowest BCUT2D eigenvalue weighted by Crippen LogP contribution is -2.38. The maximum absolute atomic E-state index is 13.0. The number of hydrogen-bond acceptors (Lipinski definition) is 2. The number of unbranched alkanes of at least 4 members (excludes halogenated alkanes) is 1. The summed E-state index contributed by atoms with van der Waals surface area (Å²) in [5.41, 5.74) is 2.25. The molecular formula is C21H29FIN3O. The first-order valence-electron chi connectivity index (χ1n) is 8.97. The predicted molar refractivity (Wildman–Crippen MR) is 120 cm³/mol. The van der Waals surface area contributed by atoms with Gasteiger partial charge < -0.3 is 15.0 Å². The molecule has 0 bridgehead atoms. The Bertz CT molecular complexity index is 665. The maximum atomic E-state index is 13.0. The van der Waals surface area contributed by atoms with Crippen molar-refractivity contribution in [3.63, 3.8) is 0 Å². The summed E-state index contributed by atoms with van der Waals surface area (Å²) in [6.07, 6.45) is 2.01. The Hall–Kier alpha value is -1.67. The van der Waals surface area contributed by atoms with Crippen LogP contribution in [0, 0.1) is 5.82 Å². The average Bonchev–Trinajstić information content (AvgIpc) is 2.66. The van der Waals surface area contributed by atoms with E-state index in [9.17, 15) is 4.39 Å². The number of nitrogens with one attached hydrogen (secondary N) is 1. The molecule has 6 heteroatoms. The van der Waals surface area contributed by atoms with Gasteiger partial charge in [0.05, 0.1) is 6.61 Å². The zero-order valence-electron chi connectivity index (χ0n) is 16.0. The molecule has 0 unspecified atom stereocenters. The number of halogens is 2. The van der Waals surface area contributed by atoms with Crippen LogP contribution >= 0.6 is 24.0 Å². The molecular weight excluding hydrogens is 456 g/mol. The van der Waals surface area contributed by atoms with Crippen molar-refractivity contribution in [1.29, 1.82) is 0 Å². The van der Waals surface area contributed by atoms with E-state index >= 15 is 0 Å². The first-order valence-corrected chi connectivity index (χ1v) is 8.97. The van der Waals surface area contributed by atoms with Crippen molar-refractivity contribution in [3.8, 4) is 0 Å². The topological polar surface area (TPSA) is 36.9 Å². The summed E-state index contributed by atoms with van der Waals surface area (Å²) in [5, 5.41) is 3.36. The summed E-state index contributed by atoms with van der Waals surface area (Å²) >= 11 is 0. The van der Waals surface area contributed by atoms with Crippen LogP contribution in [0.5, 0.6) is 0 Å². The Morgan fingerprint density at radius 3 is 2.41 bits per heavy atom. The molecule has 2 aromatic carbocycles. The third-order valence-electron chi connectivity index (χ3n) is 4.02. The zero-order valence-corrected chi connectivity index (χ0v) is 18.4. The lowest BCUT2D eigenvalue weighted by Gasteiger charge is -2.22. The standard InChI is InChI=1S/C21H28FN3O.HI/c1-23-21(25(2)16-18-10-12-20(22)13-11-18)24-14-6-7-15-26-17-19-8-4-3-5-9-19;/h3-5,8-13H,6-7,14-17H2,1-2H3,(H,23,24);1H. The van der Waals surface area contributed by atoms with E-state index in [0.717, 1.165) is 37.5 Å². The summed E-state index contributed by atoms with van der Waals surface area (Å²) < 4.78 is 18.7. The van der Waals surface area contributed by atoms with Crippen molar-refractivity contribution >= 4 is 29.9 Å². The van der Waals surface area contributed by atoms with Crippen molar-refractivity contribution in [3.05, 3.63) is 71.5 Å². The lowest BCUT2D eigenvalue weighted by molar-refractivity contribution is 0.117. The summed E-state index contributed by atoms with van der Waals surface area (Å²) in [6.45, 7) is 2.94. The first-order chi connectivity index (χ1) is 12.7. The number of benzene rings is 2. The number of guanidine groups is 1. The fraction of sp³-hybridized carbons (Fsp3) is 0.381. The average molecular weight is 485 g/mol. The minimum absolute atomic E-state index is 0. The SMILES string of the molecule is CN=C(NCCCCOCc1ccccc1)N(C)Cc1ccc(F)cc1.I. The minimum Gasteiger partial charge on any atom is -0.377 e. The normalized spacial score (nSPS) is 11.0. The molecule has 0 amide bonds. The molecule has 0 aromatic heterocycles. The minimum atomic E-state index is -0.214. The van der Waals surface area contributed by atoms with E-state index < -0.39 is 0 Å². The fourth-order valence-corrected chi connectivity index (χ4v) is 2.62. The second-order valence-corrected chi connectivity index (χ2v) is 6.20. The third-order valence-corrected chi connectivity index (χ3v) is 4.02. The van der Waals surface area contributed by atoms with Gasteiger partial charge in [-0.2, -0.15) is 0 Å². The molecule has 148 valence electrons. The molecule has 27 heavy (non-hydrogen) atoms. The second-order valence-electron chi connectivity index (χ2n) is 6.20. The van der Waals surface area contributed by atoms with Crippen LogP contribution in [-0.2, 0) is 17.9 Å². The number of nitrogens with zero attached hydrogens (tertiary/aromatic N) is 2. The van der Waals surface area contributed by atoms with Crippen molar-refractivity contribution in [2.75, 3.05) is 27.2 Å². The van der Waals surface area contributed by atoms with Gasteiger partial charge in [-0.15, -0.1) is 24.0 Å². The Kier molecular flexibility index (Phi) is 11.7. The zero-order chi connectivity index (χ0) is 18.6. The van der Waals surface area contributed by atoms with E-state index in [4.69, 9.17) is 4.74 Å². The number of ether oxygens (including phenoxy) is 1. The van der Waals surface area contributed by atoms with Crippen LogP contribution in [-0.4, -0.2) is 38.1 Å². The van der Waals surface area contributed by atoms with E-state index in [0.29, 0.717) is 13.2 Å². The van der Waals surface area contributed by atoms with E-state index in [1.165, 1.54) is 17.7 Å². The van der Waals surface area contributed by atoms with Crippen LogP contribution in [0.2, 0.25) is 0 Å². The molecule has 0 aliphatic carbocycles. The van der Waals surface area contributed by atoms with Crippen molar-refractivity contribution in [1.82, 2.24) is 10.2 Å². The molecule has 0 atom stereocenters. The van der Waals surface area contributed by atoms with Gasteiger partial charge in [0, 0.05) is 33.8 Å². The lowest BCUT2D eigenvalue weighted by atomic mass is 10.2. The van der Waals surface area contributed by atoms with E-state index in [1.807, 2.05) is 30.1 Å². The van der Waals surface area contributed by atoms with Crippen LogP contribution in [0.15, 0.2) is 59.6 Å². The highest BCUT2D eigenvalue weighted by atomic mass is 127. The molecule has 0 fully saturated rings. The van der Waals surface area contributed by atoms with Gasteiger partial charge in [-0.25, -0.2) is 4.39 Å². The summed E-state index contributed by atoms with van der Waals surface area (Å²) in [7, 11) is 3.74. The van der Waals surface area contributed by atoms with Crippen molar-refractivity contribution in [2.24, 2.45) is 4.99 Å². The maximum Gasteiger partial charge on any atom is 0.193 e. The third kappa shape index (κ3) is 9.19. The number of hydrogen-bond donors (Lipinski definition) is 1. The van der Waals surface area contributed by atoms with Gasteiger partial charge in [-0.05, 0) is 36.1 Å². The van der Waals surface area contributed by atoms with Gasteiger partial charge in [0.1, 0.15) is 5.82 Å². The fourth-order valence-electron chi connectivity index (χ4n) is 2.62. The monoisotopic (exact) mass is 485 g/mol. The summed E-state index contributed by atoms with van der Waals surface area (Å²) in [5.74, 6) is 0.618. The van der Waals surface area contributed by atoms with Gasteiger partial charge in [0.2, 0.25) is 0 Å². The molecule has 0 heterocycles. The molecule has 1 N–H and O–H groups in total. The van der Waals surface area contributed by atoms with Gasteiger partial charge in [0.15, 0.2) is 5.96 Å². The number of aliphatic imine (C=N–C) groups is 1. The molecule has 0 spiro atoms. The van der Waals surface area contributed by atoms with Gasteiger partial charge in [-0.1, -0.05) is 42.5 Å². The number of rotatable bonds is 9. The van der Waals surface area contributed by atoms with Crippen molar-refractivity contribution in [2.45, 2.75) is 26.0 Å². The summed E-state index contributed by atoms with van der Waals surface area (Å²) in [6, 6.07) is 16.8. The van der Waals surface area contributed by atoms with Crippen LogP contribution in [0.1, 0.15) is 24.0 Å².